The van der Waals surface area contributed by atoms with Gasteiger partial charge >= 0.3 is 0 Å². The molecule has 102 valence electrons. The monoisotopic (exact) mass is 251 g/mol. The fourth-order valence-corrected chi connectivity index (χ4v) is 1.63. The normalized spacial score (nSPS) is 12.7. The first-order chi connectivity index (χ1) is 8.59. The Morgan fingerprint density at radius 3 is 2.61 bits per heavy atom. The van der Waals surface area contributed by atoms with Gasteiger partial charge < -0.3 is 15.2 Å². The zero-order valence-corrected chi connectivity index (χ0v) is 11.6. The van der Waals surface area contributed by atoms with Crippen LogP contribution in [-0.4, -0.2) is 24.4 Å². The van der Waals surface area contributed by atoms with Crippen molar-refractivity contribution >= 4 is 0 Å². The van der Waals surface area contributed by atoms with E-state index in [9.17, 15) is 5.11 Å². The molecule has 0 bridgehead atoms. The van der Waals surface area contributed by atoms with Crippen LogP contribution in [0, 0.1) is 5.92 Å². The van der Waals surface area contributed by atoms with Gasteiger partial charge in [-0.15, -0.1) is 0 Å². The van der Waals surface area contributed by atoms with Crippen LogP contribution in [0.5, 0.6) is 5.75 Å². The van der Waals surface area contributed by atoms with E-state index < -0.39 is 0 Å². The van der Waals surface area contributed by atoms with Crippen molar-refractivity contribution in [2.75, 3.05) is 13.2 Å². The molecule has 1 rings (SSSR count). The van der Waals surface area contributed by atoms with Crippen molar-refractivity contribution in [1.29, 1.82) is 0 Å². The number of benzene rings is 1. The highest BCUT2D eigenvalue weighted by Gasteiger charge is 2.04. The van der Waals surface area contributed by atoms with Gasteiger partial charge in [-0.1, -0.05) is 32.0 Å². The lowest BCUT2D eigenvalue weighted by Crippen LogP contribution is -2.19. The van der Waals surface area contributed by atoms with Crippen LogP contribution in [0.25, 0.3) is 0 Å². The average molecular weight is 251 g/mol. The van der Waals surface area contributed by atoms with Gasteiger partial charge in [0.2, 0.25) is 0 Å². The largest absolute Gasteiger partial charge is 0.493 e. The lowest BCUT2D eigenvalue weighted by Gasteiger charge is -2.13. The average Bonchev–Trinajstić information content (AvgIpc) is 2.30. The quantitative estimate of drug-likeness (QED) is 0.746. The maximum absolute atomic E-state index is 9.21. The Balaban J connectivity index is 2.45. The molecule has 0 heterocycles. The summed E-state index contributed by atoms with van der Waals surface area (Å²) in [5.74, 6) is 1.56. The first kappa shape index (κ1) is 15.0. The first-order valence-electron chi connectivity index (χ1n) is 6.69. The molecule has 0 aromatic heterocycles. The maximum Gasteiger partial charge on any atom is 0.123 e. The number of aliphatic hydroxyl groups is 1. The van der Waals surface area contributed by atoms with Gasteiger partial charge in [-0.05, 0) is 25.5 Å². The molecule has 3 nitrogen and oxygen atoms in total. The highest BCUT2D eigenvalue weighted by Crippen LogP contribution is 2.18. The summed E-state index contributed by atoms with van der Waals surface area (Å²) < 4.78 is 5.71. The lowest BCUT2D eigenvalue weighted by molar-refractivity contribution is 0.155. The van der Waals surface area contributed by atoms with Crippen LogP contribution in [0.2, 0.25) is 0 Å². The van der Waals surface area contributed by atoms with Crippen LogP contribution in [0.4, 0.5) is 0 Å². The molecule has 3 heteroatoms. The third-order valence-corrected chi connectivity index (χ3v) is 2.63. The SMILES string of the molecule is CC(C)CNCc1ccccc1OCCC(C)O. The van der Waals surface area contributed by atoms with Crippen LogP contribution < -0.4 is 10.1 Å². The second-order valence-corrected chi connectivity index (χ2v) is 5.12. The third-order valence-electron chi connectivity index (χ3n) is 2.63. The Labute approximate surface area is 110 Å². The van der Waals surface area contributed by atoms with Crippen molar-refractivity contribution in [1.82, 2.24) is 5.32 Å². The van der Waals surface area contributed by atoms with Gasteiger partial charge in [0, 0.05) is 18.5 Å². The van der Waals surface area contributed by atoms with E-state index in [-0.39, 0.29) is 6.10 Å². The zero-order valence-electron chi connectivity index (χ0n) is 11.6. The Kier molecular flexibility index (Phi) is 6.76. The summed E-state index contributed by atoms with van der Waals surface area (Å²) in [7, 11) is 0. The Morgan fingerprint density at radius 1 is 1.22 bits per heavy atom. The van der Waals surface area contributed by atoms with Crippen molar-refractivity contribution in [3.05, 3.63) is 29.8 Å². The lowest BCUT2D eigenvalue weighted by atomic mass is 10.2. The molecule has 0 saturated carbocycles. The summed E-state index contributed by atoms with van der Waals surface area (Å²) >= 11 is 0. The summed E-state index contributed by atoms with van der Waals surface area (Å²) in [6, 6.07) is 8.05. The number of hydrogen-bond donors (Lipinski definition) is 2. The van der Waals surface area contributed by atoms with Crippen LogP contribution in [0.1, 0.15) is 32.8 Å². The Bertz CT molecular complexity index is 304. The summed E-state index contributed by atoms with van der Waals surface area (Å²) in [4.78, 5) is 0. The molecule has 2 N–H and O–H groups in total. The molecule has 1 aromatic carbocycles. The Hall–Kier alpha value is -1.06. The fraction of sp³-hybridized carbons (Fsp3) is 0.600. The summed E-state index contributed by atoms with van der Waals surface area (Å²) in [5.41, 5.74) is 1.17. The Morgan fingerprint density at radius 2 is 1.94 bits per heavy atom. The van der Waals surface area contributed by atoms with Crippen molar-refractivity contribution in [3.8, 4) is 5.75 Å². The van der Waals surface area contributed by atoms with Crippen LogP contribution >= 0.6 is 0 Å². The predicted molar refractivity (Wildman–Crippen MR) is 74.8 cm³/mol. The maximum atomic E-state index is 9.21. The predicted octanol–water partition coefficient (Wildman–Crippen LogP) is 2.58. The molecule has 0 aliphatic rings. The van der Waals surface area contributed by atoms with Gasteiger partial charge in [0.25, 0.3) is 0 Å². The van der Waals surface area contributed by atoms with E-state index in [0.29, 0.717) is 18.9 Å². The van der Waals surface area contributed by atoms with Crippen molar-refractivity contribution in [3.63, 3.8) is 0 Å². The van der Waals surface area contributed by atoms with Gasteiger partial charge in [-0.25, -0.2) is 0 Å². The zero-order chi connectivity index (χ0) is 13.4. The number of hydrogen-bond acceptors (Lipinski definition) is 3. The van der Waals surface area contributed by atoms with Crippen molar-refractivity contribution in [2.45, 2.75) is 39.8 Å². The minimum absolute atomic E-state index is 0.309. The van der Waals surface area contributed by atoms with Gasteiger partial charge in [-0.3, -0.25) is 0 Å². The minimum atomic E-state index is -0.309. The molecule has 0 amide bonds. The summed E-state index contributed by atoms with van der Waals surface area (Å²) in [6.07, 6.45) is 0.351. The second kappa shape index (κ2) is 8.11. The van der Waals surface area contributed by atoms with E-state index in [4.69, 9.17) is 4.74 Å². The second-order valence-electron chi connectivity index (χ2n) is 5.12. The number of aliphatic hydroxyl groups excluding tert-OH is 1. The van der Waals surface area contributed by atoms with E-state index >= 15 is 0 Å². The molecule has 1 atom stereocenters. The highest BCUT2D eigenvalue weighted by atomic mass is 16.5. The van der Waals surface area contributed by atoms with Crippen LogP contribution in [0.15, 0.2) is 24.3 Å². The van der Waals surface area contributed by atoms with Crippen LogP contribution in [0.3, 0.4) is 0 Å². The summed E-state index contributed by atoms with van der Waals surface area (Å²) in [6.45, 7) is 8.54. The number of ether oxygens (including phenoxy) is 1. The molecule has 1 unspecified atom stereocenters. The third kappa shape index (κ3) is 6.03. The molecule has 18 heavy (non-hydrogen) atoms. The molecule has 0 saturated heterocycles. The van der Waals surface area contributed by atoms with Crippen molar-refractivity contribution in [2.24, 2.45) is 5.92 Å². The molecule has 1 aromatic rings. The van der Waals surface area contributed by atoms with Crippen LogP contribution in [-0.2, 0) is 6.54 Å². The van der Waals surface area contributed by atoms with E-state index in [0.717, 1.165) is 18.8 Å². The molecule has 0 radical (unpaired) electrons. The molecule has 0 spiro atoms. The number of nitrogens with one attached hydrogen (secondary N) is 1. The minimum Gasteiger partial charge on any atom is -0.493 e. The number of para-hydroxylation sites is 1. The molecule has 0 aliphatic heterocycles. The standard InChI is InChI=1S/C15H25NO2/c1-12(2)10-16-11-14-6-4-5-7-15(14)18-9-8-13(3)17/h4-7,12-13,16-17H,8-11H2,1-3H3. The molecular weight excluding hydrogens is 226 g/mol. The van der Waals surface area contributed by atoms with E-state index in [1.807, 2.05) is 18.2 Å². The van der Waals surface area contributed by atoms with Gasteiger partial charge in [0.05, 0.1) is 12.7 Å². The number of rotatable bonds is 8. The molecular formula is C15H25NO2. The van der Waals surface area contributed by atoms with E-state index in [2.05, 4.69) is 25.2 Å². The van der Waals surface area contributed by atoms with Gasteiger partial charge in [0.1, 0.15) is 5.75 Å². The van der Waals surface area contributed by atoms with Crippen molar-refractivity contribution < 1.29 is 9.84 Å². The highest BCUT2D eigenvalue weighted by molar-refractivity contribution is 5.33. The van der Waals surface area contributed by atoms with Gasteiger partial charge in [0.15, 0.2) is 0 Å². The smallest absolute Gasteiger partial charge is 0.123 e. The van der Waals surface area contributed by atoms with E-state index in [1.165, 1.54) is 5.56 Å². The molecule has 0 aliphatic carbocycles. The van der Waals surface area contributed by atoms with Gasteiger partial charge in [-0.2, -0.15) is 0 Å². The van der Waals surface area contributed by atoms with E-state index in [1.54, 1.807) is 6.92 Å². The summed E-state index contributed by atoms with van der Waals surface area (Å²) in [5, 5.41) is 12.6. The molecule has 0 fully saturated rings. The topological polar surface area (TPSA) is 41.5 Å². The first-order valence-corrected chi connectivity index (χ1v) is 6.69. The fourth-order valence-electron chi connectivity index (χ4n) is 1.63.